The smallest absolute Gasteiger partial charge is 0.146 e. The molecule has 1 unspecified atom stereocenters. The maximum atomic E-state index is 13.8. The van der Waals surface area contributed by atoms with Crippen molar-refractivity contribution >= 4 is 17.3 Å². The highest BCUT2D eigenvalue weighted by molar-refractivity contribution is 6.30. The molecule has 1 aliphatic rings. The molecule has 0 aliphatic carbocycles. The Bertz CT molecular complexity index is 611. The van der Waals surface area contributed by atoms with Crippen molar-refractivity contribution < 1.29 is 9.13 Å². The number of rotatable bonds is 5. The van der Waals surface area contributed by atoms with Crippen LogP contribution in [0, 0.1) is 5.82 Å². The number of hydrogen-bond donors (Lipinski definition) is 1. The molecule has 112 valence electrons. The summed E-state index contributed by atoms with van der Waals surface area (Å²) in [6, 6.07) is 4.99. The van der Waals surface area contributed by atoms with Gasteiger partial charge in [-0.3, -0.25) is 4.68 Å². The summed E-state index contributed by atoms with van der Waals surface area (Å²) in [5.74, 6) is -0.376. The fourth-order valence-corrected chi connectivity index (χ4v) is 2.63. The molecule has 3 rings (SSSR count). The first-order chi connectivity index (χ1) is 10.2. The number of halogens is 2. The summed E-state index contributed by atoms with van der Waals surface area (Å²) in [4.78, 5) is 0. The third kappa shape index (κ3) is 3.54. The Hall–Kier alpha value is -1.59. The minimum atomic E-state index is -0.376. The Labute approximate surface area is 127 Å². The number of nitrogens with zero attached hydrogens (tertiary/aromatic N) is 2. The topological polar surface area (TPSA) is 39.1 Å². The zero-order valence-corrected chi connectivity index (χ0v) is 12.3. The van der Waals surface area contributed by atoms with Crippen molar-refractivity contribution in [3.8, 4) is 0 Å². The fourth-order valence-electron chi connectivity index (χ4n) is 2.43. The summed E-state index contributed by atoms with van der Waals surface area (Å²) in [6.45, 7) is 1.97. The molecule has 6 heteroatoms. The van der Waals surface area contributed by atoms with E-state index in [0.717, 1.165) is 31.7 Å². The molecule has 0 spiro atoms. The van der Waals surface area contributed by atoms with E-state index in [9.17, 15) is 4.39 Å². The van der Waals surface area contributed by atoms with Crippen LogP contribution in [0.2, 0.25) is 5.02 Å². The average Bonchev–Trinajstić information content (AvgIpc) is 3.13. The van der Waals surface area contributed by atoms with Crippen LogP contribution in [0.3, 0.4) is 0 Å². The molecule has 1 aromatic carbocycles. The van der Waals surface area contributed by atoms with E-state index in [1.807, 2.05) is 10.9 Å². The molecular formula is C15H17ClFN3O. The van der Waals surface area contributed by atoms with Crippen molar-refractivity contribution in [3.63, 3.8) is 0 Å². The van der Waals surface area contributed by atoms with Gasteiger partial charge in [-0.25, -0.2) is 4.39 Å². The second-order valence-corrected chi connectivity index (χ2v) is 5.56. The van der Waals surface area contributed by atoms with Crippen LogP contribution in [-0.2, 0) is 17.8 Å². The second-order valence-electron chi connectivity index (χ2n) is 5.15. The molecule has 1 aromatic heterocycles. The van der Waals surface area contributed by atoms with Crippen molar-refractivity contribution in [1.29, 1.82) is 0 Å². The molecule has 0 saturated carbocycles. The molecule has 2 aromatic rings. The minimum Gasteiger partial charge on any atom is -0.378 e. The highest BCUT2D eigenvalue weighted by atomic mass is 35.5. The average molecular weight is 310 g/mol. The molecule has 1 N–H and O–H groups in total. The predicted octanol–water partition coefficient (Wildman–Crippen LogP) is 3.47. The van der Waals surface area contributed by atoms with E-state index in [1.54, 1.807) is 24.4 Å². The van der Waals surface area contributed by atoms with Gasteiger partial charge in [0.1, 0.15) is 5.82 Å². The van der Waals surface area contributed by atoms with E-state index in [-0.39, 0.29) is 16.9 Å². The maximum Gasteiger partial charge on any atom is 0.146 e. The van der Waals surface area contributed by atoms with Gasteiger partial charge in [0.05, 0.1) is 29.6 Å². The SMILES string of the molecule is Fc1c(Cl)cccc1CNc1cnn(CC2CCCO2)c1. The second kappa shape index (κ2) is 6.45. The lowest BCUT2D eigenvalue weighted by atomic mass is 10.2. The molecule has 0 amide bonds. The third-order valence-corrected chi connectivity index (χ3v) is 3.85. The zero-order chi connectivity index (χ0) is 14.7. The van der Waals surface area contributed by atoms with Gasteiger partial charge in [0.25, 0.3) is 0 Å². The van der Waals surface area contributed by atoms with Crippen molar-refractivity contribution in [2.75, 3.05) is 11.9 Å². The first-order valence-electron chi connectivity index (χ1n) is 7.03. The highest BCUT2D eigenvalue weighted by Crippen LogP contribution is 2.19. The summed E-state index contributed by atoms with van der Waals surface area (Å²) in [7, 11) is 0. The fraction of sp³-hybridized carbons (Fsp3) is 0.400. The van der Waals surface area contributed by atoms with Crippen LogP contribution in [0.25, 0.3) is 0 Å². The predicted molar refractivity (Wildman–Crippen MR) is 79.9 cm³/mol. The number of ether oxygens (including phenoxy) is 1. The monoisotopic (exact) mass is 309 g/mol. The van der Waals surface area contributed by atoms with Gasteiger partial charge in [-0.2, -0.15) is 5.10 Å². The third-order valence-electron chi connectivity index (χ3n) is 3.56. The van der Waals surface area contributed by atoms with Crippen LogP contribution >= 0.6 is 11.6 Å². The Balaban J connectivity index is 1.58. The summed E-state index contributed by atoms with van der Waals surface area (Å²) >= 11 is 5.76. The summed E-state index contributed by atoms with van der Waals surface area (Å²) in [6.07, 6.45) is 6.09. The molecule has 21 heavy (non-hydrogen) atoms. The standard InChI is InChI=1S/C15H17ClFN3O/c16-14-5-1-3-11(15(14)17)7-18-12-8-19-20(9-12)10-13-4-2-6-21-13/h1,3,5,8-9,13,18H,2,4,6-7,10H2. The summed E-state index contributed by atoms with van der Waals surface area (Å²) < 4.78 is 21.2. The Morgan fingerprint density at radius 2 is 2.38 bits per heavy atom. The lowest BCUT2D eigenvalue weighted by Gasteiger charge is -2.08. The van der Waals surface area contributed by atoms with Gasteiger partial charge in [-0.15, -0.1) is 0 Å². The van der Waals surface area contributed by atoms with E-state index in [4.69, 9.17) is 16.3 Å². The summed E-state index contributed by atoms with van der Waals surface area (Å²) in [5.41, 5.74) is 1.39. The lowest BCUT2D eigenvalue weighted by molar-refractivity contribution is 0.0940. The van der Waals surface area contributed by atoms with Gasteiger partial charge in [-0.1, -0.05) is 23.7 Å². The zero-order valence-electron chi connectivity index (χ0n) is 11.6. The van der Waals surface area contributed by atoms with Crippen LogP contribution in [0.4, 0.5) is 10.1 Å². The molecule has 1 fully saturated rings. The highest BCUT2D eigenvalue weighted by Gasteiger charge is 2.16. The quantitative estimate of drug-likeness (QED) is 0.919. The largest absolute Gasteiger partial charge is 0.378 e. The van der Waals surface area contributed by atoms with Crippen molar-refractivity contribution in [2.24, 2.45) is 0 Å². The number of benzene rings is 1. The summed E-state index contributed by atoms with van der Waals surface area (Å²) in [5, 5.41) is 7.58. The van der Waals surface area contributed by atoms with Gasteiger partial charge < -0.3 is 10.1 Å². The number of nitrogens with one attached hydrogen (secondary N) is 1. The van der Waals surface area contributed by atoms with Crippen LogP contribution in [0.5, 0.6) is 0 Å². The molecule has 0 radical (unpaired) electrons. The molecule has 4 nitrogen and oxygen atoms in total. The van der Waals surface area contributed by atoms with E-state index < -0.39 is 0 Å². The van der Waals surface area contributed by atoms with E-state index in [1.165, 1.54) is 0 Å². The first-order valence-corrected chi connectivity index (χ1v) is 7.41. The van der Waals surface area contributed by atoms with Gasteiger partial charge in [0.2, 0.25) is 0 Å². The van der Waals surface area contributed by atoms with E-state index >= 15 is 0 Å². The van der Waals surface area contributed by atoms with Gasteiger partial charge in [0, 0.05) is 24.9 Å². The van der Waals surface area contributed by atoms with Gasteiger partial charge in [-0.05, 0) is 18.9 Å². The molecule has 2 heterocycles. The van der Waals surface area contributed by atoms with Crippen molar-refractivity contribution in [2.45, 2.75) is 32.0 Å². The molecule has 1 atom stereocenters. The van der Waals surface area contributed by atoms with Crippen molar-refractivity contribution in [1.82, 2.24) is 9.78 Å². The molecule has 0 bridgehead atoms. The number of anilines is 1. The van der Waals surface area contributed by atoms with Crippen LogP contribution in [-0.4, -0.2) is 22.5 Å². The Morgan fingerprint density at radius 1 is 1.48 bits per heavy atom. The normalized spacial score (nSPS) is 18.1. The van der Waals surface area contributed by atoms with Gasteiger partial charge >= 0.3 is 0 Å². The Morgan fingerprint density at radius 3 is 3.19 bits per heavy atom. The lowest BCUT2D eigenvalue weighted by Crippen LogP contribution is -2.15. The molecule has 1 aliphatic heterocycles. The van der Waals surface area contributed by atoms with Crippen LogP contribution in [0.15, 0.2) is 30.6 Å². The number of aromatic nitrogens is 2. The maximum absolute atomic E-state index is 13.8. The first kappa shape index (κ1) is 14.4. The van der Waals surface area contributed by atoms with E-state index in [0.29, 0.717) is 12.1 Å². The minimum absolute atomic E-state index is 0.142. The van der Waals surface area contributed by atoms with Crippen LogP contribution in [0.1, 0.15) is 18.4 Å². The number of hydrogen-bond acceptors (Lipinski definition) is 3. The van der Waals surface area contributed by atoms with Gasteiger partial charge in [0.15, 0.2) is 0 Å². The Kier molecular flexibility index (Phi) is 4.41. The van der Waals surface area contributed by atoms with Crippen LogP contribution < -0.4 is 5.32 Å². The van der Waals surface area contributed by atoms with Crippen molar-refractivity contribution in [3.05, 3.63) is 47.0 Å². The molecular weight excluding hydrogens is 293 g/mol. The van der Waals surface area contributed by atoms with E-state index in [2.05, 4.69) is 10.4 Å². The molecule has 1 saturated heterocycles.